The van der Waals surface area contributed by atoms with Crippen molar-refractivity contribution in [2.24, 2.45) is 0 Å². The number of halogens is 1. The molecule has 0 amide bonds. The van der Waals surface area contributed by atoms with Gasteiger partial charge in [-0.05, 0) is 12.5 Å². The van der Waals surface area contributed by atoms with Crippen LogP contribution in [0.5, 0.6) is 0 Å². The van der Waals surface area contributed by atoms with E-state index >= 15 is 0 Å². The Labute approximate surface area is 59.4 Å². The number of aryl methyl sites for hydroxylation is 1. The van der Waals surface area contributed by atoms with Crippen molar-refractivity contribution in [3.8, 4) is 0 Å². The van der Waals surface area contributed by atoms with E-state index in [0.29, 0.717) is 0 Å². The summed E-state index contributed by atoms with van der Waals surface area (Å²) >= 11 is 5.72. The predicted molar refractivity (Wildman–Crippen MR) is 37.5 cm³/mol. The van der Waals surface area contributed by atoms with Crippen molar-refractivity contribution in [2.45, 2.75) is 19.9 Å². The fourth-order valence-corrected chi connectivity index (χ4v) is 0.877. The highest BCUT2D eigenvalue weighted by molar-refractivity contribution is 6.29. The van der Waals surface area contributed by atoms with Crippen LogP contribution in [0.3, 0.4) is 0 Å². The third kappa shape index (κ3) is 1.45. The number of rotatable bonds is 2. The number of hydrogen-bond acceptors (Lipinski definition) is 1. The Hall–Kier alpha value is -0.500. The summed E-state index contributed by atoms with van der Waals surface area (Å²) in [6, 6.07) is 1.79. The fourth-order valence-electron chi connectivity index (χ4n) is 0.693. The third-order valence-electron chi connectivity index (χ3n) is 1.10. The van der Waals surface area contributed by atoms with Gasteiger partial charge in [-0.25, -0.2) is 0 Å². The van der Waals surface area contributed by atoms with Gasteiger partial charge in [0.05, 0.1) is 6.20 Å². The van der Waals surface area contributed by atoms with E-state index in [2.05, 4.69) is 12.0 Å². The van der Waals surface area contributed by atoms with Gasteiger partial charge < -0.3 is 0 Å². The van der Waals surface area contributed by atoms with Crippen molar-refractivity contribution in [1.82, 2.24) is 9.78 Å². The molecular formula is C6H9ClN2. The van der Waals surface area contributed by atoms with Crippen LogP contribution in [0.4, 0.5) is 0 Å². The lowest BCUT2D eigenvalue weighted by molar-refractivity contribution is 0.603. The van der Waals surface area contributed by atoms with E-state index in [9.17, 15) is 0 Å². The molecule has 0 atom stereocenters. The van der Waals surface area contributed by atoms with Gasteiger partial charge in [-0.15, -0.1) is 0 Å². The Bertz CT molecular complexity index is 183. The number of nitrogens with zero attached hydrogens (tertiary/aromatic N) is 2. The van der Waals surface area contributed by atoms with Crippen molar-refractivity contribution < 1.29 is 0 Å². The lowest BCUT2D eigenvalue weighted by Crippen LogP contribution is -1.97. The second-order valence-electron chi connectivity index (χ2n) is 1.88. The summed E-state index contributed by atoms with van der Waals surface area (Å²) in [5.74, 6) is 0. The van der Waals surface area contributed by atoms with Crippen LogP contribution in [-0.2, 0) is 6.54 Å². The van der Waals surface area contributed by atoms with Gasteiger partial charge in [-0.1, -0.05) is 18.5 Å². The molecule has 0 unspecified atom stereocenters. The van der Waals surface area contributed by atoms with E-state index in [1.807, 2.05) is 0 Å². The van der Waals surface area contributed by atoms with E-state index < -0.39 is 0 Å². The SMILES string of the molecule is CCCn1nccc1Cl. The molecule has 1 aromatic rings. The lowest BCUT2D eigenvalue weighted by Gasteiger charge is -1.96. The largest absolute Gasteiger partial charge is 0.254 e. The van der Waals surface area contributed by atoms with Gasteiger partial charge in [0.1, 0.15) is 5.15 Å². The van der Waals surface area contributed by atoms with Crippen molar-refractivity contribution in [3.05, 3.63) is 17.4 Å². The third-order valence-corrected chi connectivity index (χ3v) is 1.42. The second kappa shape index (κ2) is 2.87. The number of hydrogen-bond donors (Lipinski definition) is 0. The Morgan fingerprint density at radius 1 is 1.78 bits per heavy atom. The summed E-state index contributed by atoms with van der Waals surface area (Å²) in [6.45, 7) is 3.00. The van der Waals surface area contributed by atoms with Crippen LogP contribution in [0.25, 0.3) is 0 Å². The molecule has 0 saturated carbocycles. The molecule has 0 spiro atoms. The van der Waals surface area contributed by atoms with Crippen LogP contribution >= 0.6 is 11.6 Å². The quantitative estimate of drug-likeness (QED) is 0.621. The zero-order chi connectivity index (χ0) is 6.69. The van der Waals surface area contributed by atoms with Crippen LogP contribution in [-0.4, -0.2) is 9.78 Å². The first kappa shape index (κ1) is 6.62. The van der Waals surface area contributed by atoms with Crippen LogP contribution in [0.15, 0.2) is 12.3 Å². The lowest BCUT2D eigenvalue weighted by atomic mass is 10.5. The van der Waals surface area contributed by atoms with E-state index in [1.165, 1.54) is 0 Å². The highest BCUT2D eigenvalue weighted by Crippen LogP contribution is 2.05. The average Bonchev–Trinajstić information content (AvgIpc) is 2.18. The molecular weight excluding hydrogens is 136 g/mol. The summed E-state index contributed by atoms with van der Waals surface area (Å²) in [7, 11) is 0. The van der Waals surface area contributed by atoms with Crippen molar-refractivity contribution >= 4 is 11.6 Å². The Morgan fingerprint density at radius 2 is 2.56 bits per heavy atom. The molecule has 2 nitrogen and oxygen atoms in total. The topological polar surface area (TPSA) is 17.8 Å². The van der Waals surface area contributed by atoms with Crippen molar-refractivity contribution in [2.75, 3.05) is 0 Å². The molecule has 0 aliphatic heterocycles. The zero-order valence-electron chi connectivity index (χ0n) is 5.34. The molecule has 1 aromatic heterocycles. The maximum atomic E-state index is 5.72. The van der Waals surface area contributed by atoms with E-state index in [-0.39, 0.29) is 0 Å². The first-order chi connectivity index (χ1) is 4.34. The minimum atomic E-state index is 0.719. The maximum absolute atomic E-state index is 5.72. The molecule has 50 valence electrons. The minimum Gasteiger partial charge on any atom is -0.254 e. The van der Waals surface area contributed by atoms with Crippen LogP contribution in [0.1, 0.15) is 13.3 Å². The van der Waals surface area contributed by atoms with Crippen molar-refractivity contribution in [3.63, 3.8) is 0 Å². The molecule has 1 heterocycles. The molecule has 0 aliphatic rings. The van der Waals surface area contributed by atoms with E-state index in [1.54, 1.807) is 16.9 Å². The van der Waals surface area contributed by atoms with E-state index in [4.69, 9.17) is 11.6 Å². The average molecular weight is 145 g/mol. The molecule has 0 bridgehead atoms. The van der Waals surface area contributed by atoms with Gasteiger partial charge in [-0.3, -0.25) is 4.68 Å². The Balaban J connectivity index is 2.69. The van der Waals surface area contributed by atoms with Gasteiger partial charge in [0.2, 0.25) is 0 Å². The van der Waals surface area contributed by atoms with E-state index in [0.717, 1.165) is 18.1 Å². The summed E-state index contributed by atoms with van der Waals surface area (Å²) in [4.78, 5) is 0. The molecule has 0 fully saturated rings. The standard InChI is InChI=1S/C6H9ClN2/c1-2-5-9-6(7)3-4-8-9/h3-4H,2,5H2,1H3. The normalized spacial score (nSPS) is 10.0. The maximum Gasteiger partial charge on any atom is 0.127 e. The molecule has 0 N–H and O–H groups in total. The highest BCUT2D eigenvalue weighted by Gasteiger charge is 1.93. The fraction of sp³-hybridized carbons (Fsp3) is 0.500. The van der Waals surface area contributed by atoms with Gasteiger partial charge in [0.25, 0.3) is 0 Å². The summed E-state index contributed by atoms with van der Waals surface area (Å²) in [5.41, 5.74) is 0. The smallest absolute Gasteiger partial charge is 0.127 e. The van der Waals surface area contributed by atoms with Gasteiger partial charge in [0, 0.05) is 6.54 Å². The second-order valence-corrected chi connectivity index (χ2v) is 2.26. The van der Waals surface area contributed by atoms with Crippen LogP contribution < -0.4 is 0 Å². The first-order valence-corrected chi connectivity index (χ1v) is 3.39. The summed E-state index contributed by atoms with van der Waals surface area (Å²) in [6.07, 6.45) is 2.78. The van der Waals surface area contributed by atoms with Gasteiger partial charge in [0.15, 0.2) is 0 Å². The zero-order valence-corrected chi connectivity index (χ0v) is 6.10. The Morgan fingerprint density at radius 3 is 3.00 bits per heavy atom. The van der Waals surface area contributed by atoms with Gasteiger partial charge in [-0.2, -0.15) is 5.10 Å². The number of aromatic nitrogens is 2. The molecule has 3 heteroatoms. The van der Waals surface area contributed by atoms with Crippen LogP contribution in [0.2, 0.25) is 5.15 Å². The molecule has 0 radical (unpaired) electrons. The molecule has 0 aliphatic carbocycles. The predicted octanol–water partition coefficient (Wildman–Crippen LogP) is 1.95. The van der Waals surface area contributed by atoms with Crippen molar-refractivity contribution in [1.29, 1.82) is 0 Å². The minimum absolute atomic E-state index is 0.719. The monoisotopic (exact) mass is 144 g/mol. The molecule has 0 aromatic carbocycles. The van der Waals surface area contributed by atoms with Crippen LogP contribution in [0, 0.1) is 0 Å². The Kier molecular flexibility index (Phi) is 2.11. The molecule has 9 heavy (non-hydrogen) atoms. The highest BCUT2D eigenvalue weighted by atomic mass is 35.5. The first-order valence-electron chi connectivity index (χ1n) is 3.02. The molecule has 0 saturated heterocycles. The molecule has 1 rings (SSSR count). The van der Waals surface area contributed by atoms with Gasteiger partial charge >= 0.3 is 0 Å². The summed E-state index contributed by atoms with van der Waals surface area (Å²) in [5, 5.41) is 4.71. The summed E-state index contributed by atoms with van der Waals surface area (Å²) < 4.78 is 1.78.